The van der Waals surface area contributed by atoms with Gasteiger partial charge < -0.3 is 15.6 Å². The number of ether oxygens (including phenoxy) is 1. The number of hydrogen-bond donors (Lipinski definition) is 3. The summed E-state index contributed by atoms with van der Waals surface area (Å²) in [7, 11) is 1.59. The van der Waals surface area contributed by atoms with E-state index in [9.17, 15) is 9.90 Å². The highest BCUT2D eigenvalue weighted by atomic mass is 16.5. The van der Waals surface area contributed by atoms with E-state index in [1.165, 1.54) is 24.4 Å². The van der Waals surface area contributed by atoms with Crippen molar-refractivity contribution in [2.45, 2.75) is 0 Å². The molecule has 0 bridgehead atoms. The Kier molecular flexibility index (Phi) is 6.30. The van der Waals surface area contributed by atoms with Gasteiger partial charge in [-0.1, -0.05) is 12.1 Å². The largest absolute Gasteiger partial charge is 0.508 e. The second-order valence-corrected chi connectivity index (χ2v) is 4.92. The zero-order valence-electron chi connectivity index (χ0n) is 13.6. The van der Waals surface area contributed by atoms with Crippen LogP contribution in [-0.4, -0.2) is 30.3 Å². The number of nitrogens with zero attached hydrogens (tertiary/aromatic N) is 2. The smallest absolute Gasteiger partial charge is 0.250 e. The monoisotopic (exact) mass is 338 g/mol. The van der Waals surface area contributed by atoms with Crippen LogP contribution in [0.1, 0.15) is 11.1 Å². The first-order valence-electron chi connectivity index (χ1n) is 7.35. The number of carbonyl (C=O) groups excluding carboxylic acids is 1. The summed E-state index contributed by atoms with van der Waals surface area (Å²) in [5.41, 5.74) is 7.16. The number of methoxy groups -OCH3 is 1. The molecular weight excluding hydrogens is 320 g/mol. The van der Waals surface area contributed by atoms with Gasteiger partial charge >= 0.3 is 0 Å². The van der Waals surface area contributed by atoms with Gasteiger partial charge in [0.25, 0.3) is 5.91 Å². The van der Waals surface area contributed by atoms with Crippen LogP contribution < -0.4 is 15.8 Å². The molecule has 0 saturated heterocycles. The van der Waals surface area contributed by atoms with E-state index in [0.717, 1.165) is 16.9 Å². The number of nitrogens with two attached hydrogens (primary N) is 1. The summed E-state index contributed by atoms with van der Waals surface area (Å²) in [4.78, 5) is 11.8. The maximum absolute atomic E-state index is 11.8. The van der Waals surface area contributed by atoms with Crippen LogP contribution in [0, 0.1) is 0 Å². The van der Waals surface area contributed by atoms with Crippen molar-refractivity contribution in [1.82, 2.24) is 5.32 Å². The van der Waals surface area contributed by atoms with Crippen LogP contribution in [0.3, 0.4) is 0 Å². The number of amides is 1. The fraction of sp³-hybridized carbons (Fsp3) is 0.0556. The summed E-state index contributed by atoms with van der Waals surface area (Å²) in [6.45, 7) is 0. The number of aromatic hydroxyl groups is 1. The van der Waals surface area contributed by atoms with Gasteiger partial charge in [-0.05, 0) is 53.6 Å². The van der Waals surface area contributed by atoms with Gasteiger partial charge in [0.2, 0.25) is 5.96 Å². The van der Waals surface area contributed by atoms with E-state index in [4.69, 9.17) is 10.5 Å². The average Bonchev–Trinajstić information content (AvgIpc) is 2.62. The highest BCUT2D eigenvalue weighted by Crippen LogP contribution is 2.12. The number of phenols is 1. The Morgan fingerprint density at radius 3 is 2.40 bits per heavy atom. The van der Waals surface area contributed by atoms with E-state index in [0.29, 0.717) is 0 Å². The Balaban J connectivity index is 1.87. The van der Waals surface area contributed by atoms with Gasteiger partial charge in [-0.2, -0.15) is 5.10 Å². The average molecular weight is 338 g/mol. The van der Waals surface area contributed by atoms with Gasteiger partial charge in [0.15, 0.2) is 0 Å². The molecule has 0 atom stereocenters. The predicted molar refractivity (Wildman–Crippen MR) is 97.5 cm³/mol. The van der Waals surface area contributed by atoms with Crippen molar-refractivity contribution in [2.24, 2.45) is 15.9 Å². The Bertz CT molecular complexity index is 794. The molecule has 0 aliphatic rings. The van der Waals surface area contributed by atoms with E-state index in [1.54, 1.807) is 37.5 Å². The van der Waals surface area contributed by atoms with E-state index in [1.807, 2.05) is 12.1 Å². The molecule has 2 rings (SSSR count). The van der Waals surface area contributed by atoms with Gasteiger partial charge in [0.1, 0.15) is 11.5 Å². The molecule has 0 aromatic heterocycles. The standard InChI is InChI=1S/C18H18N4O3/c1-25-16-9-4-13(5-10-16)6-11-17(24)21-18(19)22-20-12-14-2-7-15(23)8-3-14/h2-12,23H,1H3,(H3,19,21,22,24)/b11-6+,20-12-. The number of guanidine groups is 1. The molecule has 0 unspecified atom stereocenters. The van der Waals surface area contributed by atoms with Crippen molar-refractivity contribution in [3.05, 3.63) is 65.7 Å². The fourth-order valence-electron chi connectivity index (χ4n) is 1.80. The Morgan fingerprint density at radius 1 is 1.12 bits per heavy atom. The summed E-state index contributed by atoms with van der Waals surface area (Å²) in [5, 5.41) is 19.0. The van der Waals surface area contributed by atoms with E-state index >= 15 is 0 Å². The van der Waals surface area contributed by atoms with Crippen LogP contribution in [0.15, 0.2) is 64.8 Å². The molecule has 0 spiro atoms. The molecule has 4 N–H and O–H groups in total. The molecule has 0 fully saturated rings. The maximum atomic E-state index is 11.8. The lowest BCUT2D eigenvalue weighted by molar-refractivity contribution is -0.115. The highest BCUT2D eigenvalue weighted by Gasteiger charge is 1.98. The molecule has 0 radical (unpaired) electrons. The topological polar surface area (TPSA) is 109 Å². The zero-order valence-corrected chi connectivity index (χ0v) is 13.6. The van der Waals surface area contributed by atoms with E-state index < -0.39 is 5.91 Å². The normalized spacial score (nSPS) is 11.8. The van der Waals surface area contributed by atoms with Crippen LogP contribution in [-0.2, 0) is 4.79 Å². The van der Waals surface area contributed by atoms with Crippen LogP contribution in [0.2, 0.25) is 0 Å². The molecule has 7 nitrogen and oxygen atoms in total. The molecule has 0 aliphatic heterocycles. The third-order valence-corrected chi connectivity index (χ3v) is 3.06. The van der Waals surface area contributed by atoms with Crippen molar-refractivity contribution in [1.29, 1.82) is 0 Å². The maximum Gasteiger partial charge on any atom is 0.250 e. The van der Waals surface area contributed by atoms with Gasteiger partial charge in [-0.3, -0.25) is 10.1 Å². The number of hydrogen-bond acceptors (Lipinski definition) is 5. The first-order valence-corrected chi connectivity index (χ1v) is 7.35. The first-order chi connectivity index (χ1) is 12.1. The minimum Gasteiger partial charge on any atom is -0.508 e. The second kappa shape index (κ2) is 8.88. The predicted octanol–water partition coefficient (Wildman–Crippen LogP) is 1.88. The Labute approximate surface area is 145 Å². The fourth-order valence-corrected chi connectivity index (χ4v) is 1.80. The number of carbonyl (C=O) groups is 1. The molecule has 25 heavy (non-hydrogen) atoms. The van der Waals surface area contributed by atoms with Crippen molar-refractivity contribution in [2.75, 3.05) is 7.11 Å². The molecule has 2 aromatic rings. The highest BCUT2D eigenvalue weighted by molar-refractivity contribution is 6.03. The van der Waals surface area contributed by atoms with E-state index in [-0.39, 0.29) is 11.7 Å². The molecule has 1 amide bonds. The van der Waals surface area contributed by atoms with E-state index in [2.05, 4.69) is 15.5 Å². The molecular formula is C18H18N4O3. The Hall–Kier alpha value is -3.61. The number of nitrogens with one attached hydrogen (secondary N) is 1. The molecule has 2 aromatic carbocycles. The van der Waals surface area contributed by atoms with Crippen molar-refractivity contribution in [3.63, 3.8) is 0 Å². The lowest BCUT2D eigenvalue weighted by atomic mass is 10.2. The molecule has 0 aliphatic carbocycles. The molecule has 7 heteroatoms. The van der Waals surface area contributed by atoms with Gasteiger partial charge in [0.05, 0.1) is 13.3 Å². The van der Waals surface area contributed by atoms with Crippen molar-refractivity contribution in [3.8, 4) is 11.5 Å². The molecule has 0 saturated carbocycles. The summed E-state index contributed by atoms with van der Waals surface area (Å²) >= 11 is 0. The van der Waals surface area contributed by atoms with Crippen LogP contribution >= 0.6 is 0 Å². The lowest BCUT2D eigenvalue weighted by Gasteiger charge is -2.00. The number of rotatable bonds is 5. The van der Waals surface area contributed by atoms with Crippen molar-refractivity contribution < 1.29 is 14.6 Å². The second-order valence-electron chi connectivity index (χ2n) is 4.92. The van der Waals surface area contributed by atoms with Crippen LogP contribution in [0.5, 0.6) is 11.5 Å². The first kappa shape index (κ1) is 17.7. The van der Waals surface area contributed by atoms with Crippen LogP contribution in [0.4, 0.5) is 0 Å². The summed E-state index contributed by atoms with van der Waals surface area (Å²) in [6, 6.07) is 13.6. The zero-order chi connectivity index (χ0) is 18.1. The minimum absolute atomic E-state index is 0.126. The minimum atomic E-state index is -0.420. The third kappa shape index (κ3) is 6.19. The van der Waals surface area contributed by atoms with Crippen molar-refractivity contribution >= 4 is 24.2 Å². The van der Waals surface area contributed by atoms with Gasteiger partial charge in [-0.15, -0.1) is 5.10 Å². The third-order valence-electron chi connectivity index (χ3n) is 3.06. The SMILES string of the molecule is COc1ccc(/C=C/C(=O)N/C(N)=N/N=C\c2ccc(O)cc2)cc1. The molecule has 0 heterocycles. The summed E-state index contributed by atoms with van der Waals surface area (Å²) in [5.74, 6) is 0.358. The van der Waals surface area contributed by atoms with Gasteiger partial charge in [0, 0.05) is 6.08 Å². The molecule has 128 valence electrons. The number of benzene rings is 2. The quantitative estimate of drug-likeness (QED) is 0.335. The summed E-state index contributed by atoms with van der Waals surface area (Å²) < 4.78 is 5.06. The van der Waals surface area contributed by atoms with Gasteiger partial charge in [-0.25, -0.2) is 0 Å². The summed E-state index contributed by atoms with van der Waals surface area (Å²) in [6.07, 6.45) is 4.43. The van der Waals surface area contributed by atoms with Crippen LogP contribution in [0.25, 0.3) is 6.08 Å². The lowest BCUT2D eigenvalue weighted by Crippen LogP contribution is -2.35. The number of phenolic OH excluding ortho intramolecular Hbond substituents is 1. The Morgan fingerprint density at radius 2 is 1.76 bits per heavy atom.